The van der Waals surface area contributed by atoms with E-state index < -0.39 is 5.91 Å². The third kappa shape index (κ3) is 6.57. The van der Waals surface area contributed by atoms with E-state index in [1.807, 2.05) is 49.4 Å². The zero-order valence-electron chi connectivity index (χ0n) is 17.3. The topological polar surface area (TPSA) is 96.5 Å². The van der Waals surface area contributed by atoms with Crippen LogP contribution < -0.4 is 20.9 Å². The zero-order chi connectivity index (χ0) is 22.1. The number of carbonyl (C=O) groups is 3. The quantitative estimate of drug-likeness (QED) is 0.488. The number of carbonyl (C=O) groups excluding carboxylic acids is 3. The van der Waals surface area contributed by atoms with Crippen LogP contribution in [0.1, 0.15) is 25.3 Å². The third-order valence-electron chi connectivity index (χ3n) is 4.60. The molecule has 0 unspecified atom stereocenters. The molecular weight excluding hydrogens is 394 g/mol. The summed E-state index contributed by atoms with van der Waals surface area (Å²) in [7, 11) is 0. The second kappa shape index (κ2) is 10.8. The van der Waals surface area contributed by atoms with Crippen molar-refractivity contribution in [1.82, 2.24) is 10.9 Å². The fraction of sp³-hybridized carbons (Fsp3) is 0.208. The van der Waals surface area contributed by atoms with Crippen molar-refractivity contribution in [2.75, 3.05) is 11.9 Å². The first-order valence-electron chi connectivity index (χ1n) is 10.1. The molecule has 7 heteroatoms. The maximum atomic E-state index is 12.2. The number of anilines is 1. The highest BCUT2D eigenvalue weighted by Gasteiger charge is 2.10. The van der Waals surface area contributed by atoms with E-state index in [0.717, 1.165) is 22.1 Å². The Hall–Kier alpha value is -3.87. The molecule has 3 amide bonds. The van der Waals surface area contributed by atoms with Gasteiger partial charge in [0.05, 0.1) is 13.0 Å². The summed E-state index contributed by atoms with van der Waals surface area (Å²) in [5.74, 6) is -0.336. The monoisotopic (exact) mass is 419 g/mol. The van der Waals surface area contributed by atoms with Crippen LogP contribution in [0.2, 0.25) is 0 Å². The number of rotatable bonds is 8. The molecule has 7 nitrogen and oxygen atoms in total. The van der Waals surface area contributed by atoms with Gasteiger partial charge in [-0.25, -0.2) is 0 Å². The van der Waals surface area contributed by atoms with Gasteiger partial charge >= 0.3 is 0 Å². The van der Waals surface area contributed by atoms with E-state index in [1.54, 1.807) is 24.3 Å². The molecular formula is C24H25N3O4. The van der Waals surface area contributed by atoms with Crippen molar-refractivity contribution in [3.63, 3.8) is 0 Å². The summed E-state index contributed by atoms with van der Waals surface area (Å²) in [6, 6.07) is 20.6. The summed E-state index contributed by atoms with van der Waals surface area (Å²) in [5, 5.41) is 4.77. The minimum absolute atomic E-state index is 0.00175. The van der Waals surface area contributed by atoms with Crippen LogP contribution in [-0.2, 0) is 20.8 Å². The first-order valence-corrected chi connectivity index (χ1v) is 10.1. The summed E-state index contributed by atoms with van der Waals surface area (Å²) in [4.78, 5) is 36.2. The predicted octanol–water partition coefficient (Wildman–Crippen LogP) is 3.35. The molecule has 0 aromatic heterocycles. The molecule has 0 heterocycles. The molecule has 3 rings (SSSR count). The van der Waals surface area contributed by atoms with Crippen molar-refractivity contribution in [3.05, 3.63) is 72.3 Å². The molecule has 0 aliphatic heterocycles. The molecule has 0 atom stereocenters. The normalized spacial score (nSPS) is 10.4. The largest absolute Gasteiger partial charge is 0.494 e. The van der Waals surface area contributed by atoms with Crippen LogP contribution in [0, 0.1) is 0 Å². The zero-order valence-corrected chi connectivity index (χ0v) is 17.3. The Bertz CT molecular complexity index is 1060. The van der Waals surface area contributed by atoms with E-state index in [2.05, 4.69) is 16.2 Å². The van der Waals surface area contributed by atoms with Gasteiger partial charge in [0.1, 0.15) is 5.75 Å². The Labute approximate surface area is 180 Å². The maximum Gasteiger partial charge on any atom is 0.242 e. The van der Waals surface area contributed by atoms with Gasteiger partial charge in [0.15, 0.2) is 0 Å². The van der Waals surface area contributed by atoms with E-state index in [9.17, 15) is 14.4 Å². The molecule has 0 saturated heterocycles. The Morgan fingerprint density at radius 3 is 2.23 bits per heavy atom. The van der Waals surface area contributed by atoms with E-state index in [-0.39, 0.29) is 31.1 Å². The molecule has 0 fully saturated rings. The van der Waals surface area contributed by atoms with Gasteiger partial charge in [-0.2, -0.15) is 0 Å². The summed E-state index contributed by atoms with van der Waals surface area (Å²) in [5.41, 5.74) is 6.26. The minimum atomic E-state index is -0.437. The van der Waals surface area contributed by atoms with E-state index in [4.69, 9.17) is 4.74 Å². The Morgan fingerprint density at radius 1 is 0.774 bits per heavy atom. The van der Waals surface area contributed by atoms with Crippen LogP contribution in [0.3, 0.4) is 0 Å². The number of ether oxygens (including phenoxy) is 1. The molecule has 0 bridgehead atoms. The van der Waals surface area contributed by atoms with E-state index in [0.29, 0.717) is 12.3 Å². The van der Waals surface area contributed by atoms with Gasteiger partial charge in [0.25, 0.3) is 0 Å². The SMILES string of the molecule is CCOc1ccc(NC(=O)CCC(=O)NNC(=O)Cc2cccc3ccccc23)cc1. The van der Waals surface area contributed by atoms with Crippen LogP contribution in [-0.4, -0.2) is 24.3 Å². The molecule has 31 heavy (non-hydrogen) atoms. The van der Waals surface area contributed by atoms with Crippen molar-refractivity contribution >= 4 is 34.2 Å². The van der Waals surface area contributed by atoms with E-state index >= 15 is 0 Å². The lowest BCUT2D eigenvalue weighted by atomic mass is 10.0. The average molecular weight is 419 g/mol. The number of hydrogen-bond acceptors (Lipinski definition) is 4. The second-order valence-electron chi connectivity index (χ2n) is 6.92. The fourth-order valence-corrected chi connectivity index (χ4v) is 3.12. The molecule has 160 valence electrons. The number of amides is 3. The van der Waals surface area contributed by atoms with Crippen molar-refractivity contribution in [2.45, 2.75) is 26.2 Å². The molecule has 3 aromatic carbocycles. The Balaban J connectivity index is 1.40. The van der Waals surface area contributed by atoms with Crippen LogP contribution in [0.25, 0.3) is 10.8 Å². The lowest BCUT2D eigenvalue weighted by molar-refractivity contribution is -0.129. The smallest absolute Gasteiger partial charge is 0.242 e. The summed E-state index contributed by atoms with van der Waals surface area (Å²) < 4.78 is 5.35. The van der Waals surface area contributed by atoms with Crippen molar-refractivity contribution in [2.24, 2.45) is 0 Å². The lowest BCUT2D eigenvalue weighted by Gasteiger charge is -2.10. The third-order valence-corrected chi connectivity index (χ3v) is 4.60. The summed E-state index contributed by atoms with van der Waals surface area (Å²) in [6.45, 7) is 2.46. The van der Waals surface area contributed by atoms with Gasteiger partial charge in [-0.05, 0) is 47.5 Å². The standard InChI is InChI=1S/C24H25N3O4/c1-2-31-20-12-10-19(11-13-20)25-22(28)14-15-23(29)26-27-24(30)16-18-8-5-7-17-6-3-4-9-21(17)18/h3-13H,2,14-16H2,1H3,(H,25,28)(H,26,29)(H,27,30). The Kier molecular flexibility index (Phi) is 7.59. The van der Waals surface area contributed by atoms with Gasteiger partial charge in [0.2, 0.25) is 17.7 Å². The number of hydrogen-bond donors (Lipinski definition) is 3. The molecule has 0 aliphatic carbocycles. The lowest BCUT2D eigenvalue weighted by Crippen LogP contribution is -2.42. The summed E-state index contributed by atoms with van der Waals surface area (Å²) in [6.07, 6.45) is 0.0928. The number of fused-ring (bicyclic) bond motifs is 1. The maximum absolute atomic E-state index is 12.2. The fourth-order valence-electron chi connectivity index (χ4n) is 3.12. The highest BCUT2D eigenvalue weighted by atomic mass is 16.5. The van der Waals surface area contributed by atoms with Crippen LogP contribution in [0.15, 0.2) is 66.7 Å². The molecule has 0 radical (unpaired) electrons. The Morgan fingerprint density at radius 2 is 1.45 bits per heavy atom. The van der Waals surface area contributed by atoms with Gasteiger partial charge < -0.3 is 10.1 Å². The van der Waals surface area contributed by atoms with Crippen LogP contribution >= 0.6 is 0 Å². The molecule has 3 N–H and O–H groups in total. The first-order chi connectivity index (χ1) is 15.0. The predicted molar refractivity (Wildman–Crippen MR) is 119 cm³/mol. The first kappa shape index (κ1) is 21.8. The molecule has 0 spiro atoms. The minimum Gasteiger partial charge on any atom is -0.494 e. The van der Waals surface area contributed by atoms with E-state index in [1.165, 1.54) is 0 Å². The second-order valence-corrected chi connectivity index (χ2v) is 6.92. The molecule has 0 saturated carbocycles. The van der Waals surface area contributed by atoms with Crippen molar-refractivity contribution in [1.29, 1.82) is 0 Å². The van der Waals surface area contributed by atoms with Crippen LogP contribution in [0.4, 0.5) is 5.69 Å². The van der Waals surface area contributed by atoms with Gasteiger partial charge in [0, 0.05) is 18.5 Å². The van der Waals surface area contributed by atoms with Gasteiger partial charge in [-0.1, -0.05) is 42.5 Å². The summed E-state index contributed by atoms with van der Waals surface area (Å²) >= 11 is 0. The van der Waals surface area contributed by atoms with Crippen LogP contribution in [0.5, 0.6) is 5.75 Å². The number of nitrogens with one attached hydrogen (secondary N) is 3. The van der Waals surface area contributed by atoms with Crippen molar-refractivity contribution in [3.8, 4) is 5.75 Å². The highest BCUT2D eigenvalue weighted by molar-refractivity contribution is 5.94. The average Bonchev–Trinajstić information content (AvgIpc) is 2.78. The van der Waals surface area contributed by atoms with Crippen molar-refractivity contribution < 1.29 is 19.1 Å². The number of hydrazine groups is 1. The molecule has 0 aliphatic rings. The highest BCUT2D eigenvalue weighted by Crippen LogP contribution is 2.19. The molecule has 3 aromatic rings. The van der Waals surface area contributed by atoms with Gasteiger partial charge in [-0.15, -0.1) is 0 Å². The van der Waals surface area contributed by atoms with Gasteiger partial charge in [-0.3, -0.25) is 25.2 Å². The number of benzene rings is 3.